The predicted molar refractivity (Wildman–Crippen MR) is 53.8 cm³/mol. The second-order valence-corrected chi connectivity index (χ2v) is 5.65. The molecule has 2 aliphatic rings. The minimum Gasteiger partial charge on any atom is -0.299 e. The zero-order valence-corrected chi connectivity index (χ0v) is 9.39. The summed E-state index contributed by atoms with van der Waals surface area (Å²) in [5, 5.41) is 0. The van der Waals surface area contributed by atoms with Gasteiger partial charge in [-0.05, 0) is 31.1 Å². The number of hydrogen-bond donors (Lipinski definition) is 0. The maximum absolute atomic E-state index is 12.1. The Morgan fingerprint density at radius 2 is 1.93 bits per heavy atom. The van der Waals surface area contributed by atoms with Crippen molar-refractivity contribution >= 4 is 11.6 Å². The molecule has 0 aromatic rings. The van der Waals surface area contributed by atoms with Gasteiger partial charge in [-0.3, -0.25) is 9.59 Å². The molecule has 0 aromatic heterocycles. The summed E-state index contributed by atoms with van der Waals surface area (Å²) in [7, 11) is 0. The number of Topliss-reactive ketones (excluding diaryl/α,β-unsaturated/α-hetero) is 2. The second kappa shape index (κ2) is 2.47. The van der Waals surface area contributed by atoms with Gasteiger partial charge in [0.2, 0.25) is 0 Å². The van der Waals surface area contributed by atoms with Crippen molar-refractivity contribution in [2.75, 3.05) is 0 Å². The summed E-state index contributed by atoms with van der Waals surface area (Å²) in [6, 6.07) is 0. The SMILES string of the molecule is CC(=O)[C@@H]1C(=O)[C@@]2(C)CC[C@H]1C2(C)C. The van der Waals surface area contributed by atoms with Crippen LogP contribution in [-0.2, 0) is 9.59 Å². The Bertz CT molecular complexity index is 316. The molecule has 0 aliphatic heterocycles. The van der Waals surface area contributed by atoms with E-state index in [-0.39, 0.29) is 34.2 Å². The van der Waals surface area contributed by atoms with Gasteiger partial charge >= 0.3 is 0 Å². The molecule has 0 saturated heterocycles. The number of ketones is 2. The lowest BCUT2D eigenvalue weighted by Gasteiger charge is -2.32. The van der Waals surface area contributed by atoms with E-state index in [0.29, 0.717) is 0 Å². The summed E-state index contributed by atoms with van der Waals surface area (Å²) in [6.45, 7) is 7.89. The highest BCUT2D eigenvalue weighted by Gasteiger charge is 2.67. The van der Waals surface area contributed by atoms with Gasteiger partial charge in [0.15, 0.2) is 0 Å². The first kappa shape index (κ1) is 9.88. The molecule has 0 N–H and O–H groups in total. The van der Waals surface area contributed by atoms with Gasteiger partial charge in [-0.1, -0.05) is 20.8 Å². The Kier molecular flexibility index (Phi) is 1.74. The van der Waals surface area contributed by atoms with E-state index in [9.17, 15) is 9.59 Å². The third-order valence-electron chi connectivity index (χ3n) is 4.97. The number of fused-ring (bicyclic) bond motifs is 2. The average molecular weight is 194 g/mol. The summed E-state index contributed by atoms with van der Waals surface area (Å²) >= 11 is 0. The molecule has 2 bridgehead atoms. The first-order chi connectivity index (χ1) is 6.32. The number of rotatable bonds is 1. The molecule has 2 aliphatic carbocycles. The Balaban J connectivity index is 2.49. The van der Waals surface area contributed by atoms with Crippen LogP contribution < -0.4 is 0 Å². The van der Waals surface area contributed by atoms with E-state index >= 15 is 0 Å². The Hall–Kier alpha value is -0.660. The zero-order valence-electron chi connectivity index (χ0n) is 9.39. The van der Waals surface area contributed by atoms with Gasteiger partial charge in [-0.2, -0.15) is 0 Å². The fourth-order valence-corrected chi connectivity index (χ4v) is 3.55. The highest BCUT2D eigenvalue weighted by atomic mass is 16.2. The standard InChI is InChI=1S/C12H18O2/c1-7(13)9-8-5-6-12(4,10(9)14)11(8,2)3/h8-9H,5-6H2,1-4H3/t8-,9+,12-/m1/s1. The highest BCUT2D eigenvalue weighted by Crippen LogP contribution is 2.65. The van der Waals surface area contributed by atoms with Gasteiger partial charge < -0.3 is 0 Å². The largest absolute Gasteiger partial charge is 0.299 e. The van der Waals surface area contributed by atoms with Gasteiger partial charge in [0.05, 0.1) is 5.92 Å². The molecule has 2 heteroatoms. The molecule has 0 spiro atoms. The fraction of sp³-hybridized carbons (Fsp3) is 0.833. The van der Waals surface area contributed by atoms with Crippen molar-refractivity contribution in [2.24, 2.45) is 22.7 Å². The summed E-state index contributed by atoms with van der Waals surface area (Å²) in [5.41, 5.74) is -0.228. The number of carbonyl (C=O) groups is 2. The normalized spacial score (nSPS) is 44.4. The summed E-state index contributed by atoms with van der Waals surface area (Å²) < 4.78 is 0. The molecule has 14 heavy (non-hydrogen) atoms. The topological polar surface area (TPSA) is 34.1 Å². The molecule has 2 rings (SSSR count). The molecule has 3 atom stereocenters. The van der Waals surface area contributed by atoms with Crippen molar-refractivity contribution in [1.29, 1.82) is 0 Å². The lowest BCUT2D eigenvalue weighted by atomic mass is 9.70. The second-order valence-electron chi connectivity index (χ2n) is 5.65. The third-order valence-corrected chi connectivity index (χ3v) is 4.97. The molecule has 2 saturated carbocycles. The van der Waals surface area contributed by atoms with E-state index in [1.165, 1.54) is 0 Å². The fourth-order valence-electron chi connectivity index (χ4n) is 3.55. The zero-order chi connectivity index (χ0) is 10.7. The van der Waals surface area contributed by atoms with Crippen LogP contribution in [0.4, 0.5) is 0 Å². The van der Waals surface area contributed by atoms with E-state index in [0.717, 1.165) is 12.8 Å². The van der Waals surface area contributed by atoms with Crippen LogP contribution in [0.2, 0.25) is 0 Å². The van der Waals surface area contributed by atoms with Crippen LogP contribution in [0.1, 0.15) is 40.5 Å². The molecule has 0 heterocycles. The monoisotopic (exact) mass is 194 g/mol. The highest BCUT2D eigenvalue weighted by molar-refractivity contribution is 6.07. The molecule has 2 fully saturated rings. The van der Waals surface area contributed by atoms with Crippen LogP contribution in [0.15, 0.2) is 0 Å². The predicted octanol–water partition coefficient (Wildman–Crippen LogP) is 2.22. The Morgan fingerprint density at radius 1 is 1.36 bits per heavy atom. The smallest absolute Gasteiger partial charge is 0.150 e. The molecule has 0 radical (unpaired) electrons. The van der Waals surface area contributed by atoms with E-state index in [4.69, 9.17) is 0 Å². The minimum atomic E-state index is -0.302. The van der Waals surface area contributed by atoms with E-state index in [1.54, 1.807) is 6.92 Å². The van der Waals surface area contributed by atoms with Crippen LogP contribution in [0.3, 0.4) is 0 Å². The number of carbonyl (C=O) groups excluding carboxylic acids is 2. The maximum atomic E-state index is 12.1. The molecule has 0 aromatic carbocycles. The molecular weight excluding hydrogens is 176 g/mol. The van der Waals surface area contributed by atoms with Gasteiger partial charge in [0.25, 0.3) is 0 Å². The average Bonchev–Trinajstić information content (AvgIpc) is 2.35. The lowest BCUT2D eigenvalue weighted by Crippen LogP contribution is -2.34. The Morgan fingerprint density at radius 3 is 2.21 bits per heavy atom. The summed E-state index contributed by atoms with van der Waals surface area (Å²) in [5.74, 6) is 0.254. The minimum absolute atomic E-state index is 0.0143. The van der Waals surface area contributed by atoms with Crippen molar-refractivity contribution in [3.8, 4) is 0 Å². The van der Waals surface area contributed by atoms with E-state index in [1.807, 2.05) is 6.92 Å². The third kappa shape index (κ3) is 0.825. The van der Waals surface area contributed by atoms with Crippen LogP contribution in [-0.4, -0.2) is 11.6 Å². The van der Waals surface area contributed by atoms with Gasteiger partial charge in [-0.25, -0.2) is 0 Å². The van der Waals surface area contributed by atoms with Crippen molar-refractivity contribution in [1.82, 2.24) is 0 Å². The maximum Gasteiger partial charge on any atom is 0.150 e. The lowest BCUT2D eigenvalue weighted by molar-refractivity contribution is -0.137. The van der Waals surface area contributed by atoms with E-state index in [2.05, 4.69) is 13.8 Å². The van der Waals surface area contributed by atoms with Crippen LogP contribution in [0.25, 0.3) is 0 Å². The first-order valence-corrected chi connectivity index (χ1v) is 5.37. The van der Waals surface area contributed by atoms with Crippen molar-refractivity contribution in [3.05, 3.63) is 0 Å². The van der Waals surface area contributed by atoms with Crippen LogP contribution in [0, 0.1) is 22.7 Å². The van der Waals surface area contributed by atoms with Gasteiger partial charge in [0.1, 0.15) is 11.6 Å². The first-order valence-electron chi connectivity index (χ1n) is 5.37. The molecule has 2 nitrogen and oxygen atoms in total. The van der Waals surface area contributed by atoms with Gasteiger partial charge in [0, 0.05) is 5.41 Å². The molecule has 78 valence electrons. The van der Waals surface area contributed by atoms with Crippen LogP contribution in [0.5, 0.6) is 0 Å². The Labute approximate surface area is 85.1 Å². The summed E-state index contributed by atoms with van der Waals surface area (Å²) in [4.78, 5) is 23.6. The van der Waals surface area contributed by atoms with Gasteiger partial charge in [-0.15, -0.1) is 0 Å². The van der Waals surface area contributed by atoms with Crippen LogP contribution >= 0.6 is 0 Å². The molecular formula is C12H18O2. The summed E-state index contributed by atoms with van der Waals surface area (Å²) in [6.07, 6.45) is 2.01. The quantitative estimate of drug-likeness (QED) is 0.600. The van der Waals surface area contributed by atoms with E-state index < -0.39 is 0 Å². The molecule has 0 unspecified atom stereocenters. The van der Waals surface area contributed by atoms with Crippen molar-refractivity contribution in [3.63, 3.8) is 0 Å². The van der Waals surface area contributed by atoms with Crippen molar-refractivity contribution in [2.45, 2.75) is 40.5 Å². The molecule has 0 amide bonds. The number of hydrogen-bond acceptors (Lipinski definition) is 2. The van der Waals surface area contributed by atoms with Crippen molar-refractivity contribution < 1.29 is 9.59 Å².